The SMILES string of the molecule is CCCCCCc1cc2sc(-c3ccnc(-c4cc(-c5cc6sc(CCCCCC)cc6s5)ccn4)c3)cc2s1. The lowest BCUT2D eigenvalue weighted by molar-refractivity contribution is 0.670. The Morgan fingerprint density at radius 2 is 0.950 bits per heavy atom. The molecule has 206 valence electrons. The molecule has 0 N–H and O–H groups in total. The van der Waals surface area contributed by atoms with E-state index in [4.69, 9.17) is 9.97 Å². The Morgan fingerprint density at radius 1 is 0.500 bits per heavy atom. The zero-order chi connectivity index (χ0) is 27.3. The lowest BCUT2D eigenvalue weighted by Gasteiger charge is -2.05. The molecule has 0 bridgehead atoms. The molecule has 40 heavy (non-hydrogen) atoms. The van der Waals surface area contributed by atoms with Crippen LogP contribution in [0, 0.1) is 0 Å². The summed E-state index contributed by atoms with van der Waals surface area (Å²) in [6, 6.07) is 18.2. The third-order valence-corrected chi connectivity index (χ3v) is 12.2. The quantitative estimate of drug-likeness (QED) is 0.123. The summed E-state index contributed by atoms with van der Waals surface area (Å²) < 4.78 is 5.63. The number of pyridine rings is 2. The monoisotopic (exact) mass is 600 g/mol. The fourth-order valence-corrected chi connectivity index (χ4v) is 10.1. The van der Waals surface area contributed by atoms with Crippen LogP contribution >= 0.6 is 45.3 Å². The number of nitrogens with zero attached hydrogens (tertiary/aromatic N) is 2. The van der Waals surface area contributed by atoms with Crippen LogP contribution in [0.2, 0.25) is 0 Å². The molecule has 0 spiro atoms. The average Bonchev–Trinajstić information content (AvgIpc) is 3.74. The third kappa shape index (κ3) is 6.41. The van der Waals surface area contributed by atoms with E-state index in [0.717, 1.165) is 11.4 Å². The summed E-state index contributed by atoms with van der Waals surface area (Å²) in [6.45, 7) is 4.55. The van der Waals surface area contributed by atoms with Crippen LogP contribution < -0.4 is 0 Å². The van der Waals surface area contributed by atoms with E-state index in [1.165, 1.54) is 114 Å². The maximum Gasteiger partial charge on any atom is 0.0892 e. The third-order valence-electron chi connectivity index (χ3n) is 7.42. The fraction of sp³-hybridized carbons (Fsp3) is 0.353. The van der Waals surface area contributed by atoms with Gasteiger partial charge in [-0.1, -0.05) is 52.4 Å². The van der Waals surface area contributed by atoms with Gasteiger partial charge in [0.05, 0.1) is 11.4 Å². The topological polar surface area (TPSA) is 25.8 Å². The summed E-state index contributed by atoms with van der Waals surface area (Å²) in [5, 5.41) is 0. The summed E-state index contributed by atoms with van der Waals surface area (Å²) in [4.78, 5) is 15.1. The van der Waals surface area contributed by atoms with E-state index in [-0.39, 0.29) is 0 Å². The van der Waals surface area contributed by atoms with Crippen molar-refractivity contribution in [1.29, 1.82) is 0 Å². The van der Waals surface area contributed by atoms with Crippen LogP contribution in [-0.4, -0.2) is 9.97 Å². The van der Waals surface area contributed by atoms with E-state index in [1.54, 1.807) is 0 Å². The van der Waals surface area contributed by atoms with Crippen LogP contribution in [0.4, 0.5) is 0 Å². The normalized spacial score (nSPS) is 11.8. The van der Waals surface area contributed by atoms with Crippen molar-refractivity contribution in [2.24, 2.45) is 0 Å². The minimum absolute atomic E-state index is 0.931. The molecule has 0 radical (unpaired) electrons. The molecule has 0 fully saturated rings. The van der Waals surface area contributed by atoms with Gasteiger partial charge in [-0.25, -0.2) is 0 Å². The highest BCUT2D eigenvalue weighted by molar-refractivity contribution is 7.30. The van der Waals surface area contributed by atoms with Gasteiger partial charge in [0.1, 0.15) is 0 Å². The van der Waals surface area contributed by atoms with Gasteiger partial charge < -0.3 is 0 Å². The van der Waals surface area contributed by atoms with Gasteiger partial charge in [-0.05, 0) is 85.3 Å². The number of hydrogen-bond acceptors (Lipinski definition) is 6. The maximum atomic E-state index is 4.71. The van der Waals surface area contributed by atoms with Crippen LogP contribution in [0.15, 0.2) is 60.9 Å². The molecule has 6 rings (SSSR count). The number of rotatable bonds is 13. The molecule has 0 aliphatic carbocycles. The molecule has 0 saturated carbocycles. The van der Waals surface area contributed by atoms with Gasteiger partial charge >= 0.3 is 0 Å². The molecule has 0 atom stereocenters. The van der Waals surface area contributed by atoms with Crippen molar-refractivity contribution in [1.82, 2.24) is 9.97 Å². The minimum atomic E-state index is 0.931. The summed E-state index contributed by atoms with van der Waals surface area (Å²) in [6.07, 6.45) is 16.8. The van der Waals surface area contributed by atoms with Crippen molar-refractivity contribution in [3.63, 3.8) is 0 Å². The molecule has 0 aliphatic rings. The number of unbranched alkanes of at least 4 members (excludes halogenated alkanes) is 6. The Bertz CT molecular complexity index is 1510. The summed E-state index contributed by atoms with van der Waals surface area (Å²) in [5.74, 6) is 0. The lowest BCUT2D eigenvalue weighted by atomic mass is 10.1. The molecule has 6 aromatic heterocycles. The molecule has 0 amide bonds. The highest BCUT2D eigenvalue weighted by atomic mass is 32.1. The second-order valence-corrected chi connectivity index (χ2v) is 15.1. The van der Waals surface area contributed by atoms with E-state index in [1.807, 2.05) is 57.7 Å². The molecule has 0 saturated heterocycles. The van der Waals surface area contributed by atoms with Gasteiger partial charge in [0.25, 0.3) is 0 Å². The van der Waals surface area contributed by atoms with E-state index >= 15 is 0 Å². The molecule has 6 aromatic rings. The average molecular weight is 601 g/mol. The number of fused-ring (bicyclic) bond motifs is 2. The number of aryl methyl sites for hydroxylation is 2. The van der Waals surface area contributed by atoms with Crippen LogP contribution in [0.3, 0.4) is 0 Å². The van der Waals surface area contributed by atoms with Gasteiger partial charge in [-0.2, -0.15) is 0 Å². The second kappa shape index (κ2) is 13.1. The van der Waals surface area contributed by atoms with Gasteiger partial charge in [-0.15, -0.1) is 45.3 Å². The standard InChI is InChI=1S/C34H36N2S4/c1-3-5-7-9-11-25-19-31-33(37-25)21-29(39-31)23-13-15-35-27(17-23)28-18-24(14-16-36-28)30-22-34-32(40-30)20-26(38-34)12-10-8-6-4-2/h13-22H,3-12H2,1-2H3. The molecule has 0 unspecified atom stereocenters. The van der Waals surface area contributed by atoms with Crippen molar-refractivity contribution >= 4 is 64.1 Å². The van der Waals surface area contributed by atoms with Crippen molar-refractivity contribution in [3.8, 4) is 32.3 Å². The van der Waals surface area contributed by atoms with E-state index in [0.29, 0.717) is 0 Å². The Balaban J connectivity index is 1.18. The van der Waals surface area contributed by atoms with Crippen LogP contribution in [0.1, 0.15) is 75.0 Å². The van der Waals surface area contributed by atoms with Crippen LogP contribution in [0.25, 0.3) is 51.1 Å². The Kier molecular flexibility index (Phi) is 9.08. The van der Waals surface area contributed by atoms with Crippen molar-refractivity contribution in [3.05, 3.63) is 70.7 Å². The predicted octanol–water partition coefficient (Wildman–Crippen LogP) is 12.3. The molecular weight excluding hydrogens is 565 g/mol. The Hall–Kier alpha value is -2.38. The lowest BCUT2D eigenvalue weighted by Crippen LogP contribution is -1.88. The molecule has 2 nitrogen and oxygen atoms in total. The van der Waals surface area contributed by atoms with Gasteiger partial charge in [0.2, 0.25) is 0 Å². The van der Waals surface area contributed by atoms with Crippen molar-refractivity contribution < 1.29 is 0 Å². The molecule has 6 heterocycles. The number of hydrogen-bond donors (Lipinski definition) is 0. The molecular formula is C34H36N2S4. The highest BCUT2D eigenvalue weighted by Crippen LogP contribution is 2.41. The summed E-state index contributed by atoms with van der Waals surface area (Å²) in [5.41, 5.74) is 4.30. The Morgan fingerprint density at radius 3 is 1.38 bits per heavy atom. The first-order valence-electron chi connectivity index (χ1n) is 14.7. The van der Waals surface area contributed by atoms with Gasteiger partial charge in [-0.3, -0.25) is 9.97 Å². The zero-order valence-corrected chi connectivity index (χ0v) is 26.6. The smallest absolute Gasteiger partial charge is 0.0892 e. The molecule has 0 aromatic carbocycles. The number of aromatic nitrogens is 2. The van der Waals surface area contributed by atoms with Crippen LogP contribution in [0.5, 0.6) is 0 Å². The highest BCUT2D eigenvalue weighted by Gasteiger charge is 2.13. The number of thiophene rings is 4. The van der Waals surface area contributed by atoms with Crippen molar-refractivity contribution in [2.45, 2.75) is 78.1 Å². The summed E-state index contributed by atoms with van der Waals surface area (Å²) >= 11 is 7.72. The van der Waals surface area contributed by atoms with Crippen molar-refractivity contribution in [2.75, 3.05) is 0 Å². The van der Waals surface area contributed by atoms with E-state index in [9.17, 15) is 0 Å². The van der Waals surface area contributed by atoms with E-state index < -0.39 is 0 Å². The molecule has 0 aliphatic heterocycles. The van der Waals surface area contributed by atoms with E-state index in [2.05, 4.69) is 62.4 Å². The van der Waals surface area contributed by atoms with Crippen LogP contribution in [-0.2, 0) is 12.8 Å². The first kappa shape index (κ1) is 27.8. The van der Waals surface area contributed by atoms with Gasteiger partial charge in [0.15, 0.2) is 0 Å². The Labute approximate surface area is 253 Å². The second-order valence-electron chi connectivity index (χ2n) is 10.6. The zero-order valence-electron chi connectivity index (χ0n) is 23.4. The first-order chi connectivity index (χ1) is 19.7. The first-order valence-corrected chi connectivity index (χ1v) is 17.9. The predicted molar refractivity (Wildman–Crippen MR) is 181 cm³/mol. The minimum Gasteiger partial charge on any atom is -0.255 e. The molecule has 6 heteroatoms. The summed E-state index contributed by atoms with van der Waals surface area (Å²) in [7, 11) is 0. The fourth-order valence-electron chi connectivity index (χ4n) is 5.20. The largest absolute Gasteiger partial charge is 0.255 e. The van der Waals surface area contributed by atoms with Gasteiger partial charge in [0, 0.05) is 50.7 Å². The maximum absolute atomic E-state index is 4.71.